The van der Waals surface area contributed by atoms with Crippen LogP contribution in [0.25, 0.3) is 0 Å². The van der Waals surface area contributed by atoms with E-state index in [0.29, 0.717) is 4.32 Å². The predicted octanol–water partition coefficient (Wildman–Crippen LogP) is -0.645. The third-order valence-electron chi connectivity index (χ3n) is 0.550. The largest absolute Gasteiger partial charge is 0.306 e. The molecule has 1 aliphatic heterocycles. The van der Waals surface area contributed by atoms with E-state index in [4.69, 9.17) is 18.0 Å². The number of thiocarbonyl (C=S) groups is 1. The first-order chi connectivity index (χ1) is 3.29. The summed E-state index contributed by atoms with van der Waals surface area (Å²) in [7, 11) is 0. The zero-order valence-corrected chi connectivity index (χ0v) is 5.10. The van der Waals surface area contributed by atoms with E-state index in [9.17, 15) is 0 Å². The van der Waals surface area contributed by atoms with Crippen molar-refractivity contribution >= 4 is 28.3 Å². The van der Waals surface area contributed by atoms with E-state index in [1.54, 1.807) is 0 Å². The summed E-state index contributed by atoms with van der Waals surface area (Å²) >= 11 is 6.11. The van der Waals surface area contributed by atoms with Crippen LogP contribution in [0.2, 0.25) is 0 Å². The number of nitrogens with one attached hydrogen (secondary N) is 2. The molecule has 0 radical (unpaired) electrons. The van der Waals surface area contributed by atoms with Gasteiger partial charge in [-0.1, -0.05) is 24.0 Å². The quantitative estimate of drug-likeness (QED) is 0.386. The molecule has 4 N–H and O–H groups in total. The van der Waals surface area contributed by atoms with Gasteiger partial charge in [0.1, 0.15) is 5.50 Å². The van der Waals surface area contributed by atoms with Gasteiger partial charge in [-0.05, 0) is 0 Å². The Morgan fingerprint density at radius 3 is 2.71 bits per heavy atom. The molecule has 1 fully saturated rings. The molecule has 0 aromatic heterocycles. The molecular weight excluding hydrogens is 130 g/mol. The highest BCUT2D eigenvalue weighted by molar-refractivity contribution is 8.23. The molecular formula is C2H5N3S2. The van der Waals surface area contributed by atoms with Crippen molar-refractivity contribution in [3.63, 3.8) is 0 Å². The number of rotatable bonds is 0. The van der Waals surface area contributed by atoms with E-state index in [1.807, 2.05) is 0 Å². The van der Waals surface area contributed by atoms with Crippen LogP contribution in [0.3, 0.4) is 0 Å². The lowest BCUT2D eigenvalue weighted by atomic mass is 11.2. The first-order valence-electron chi connectivity index (χ1n) is 1.77. The van der Waals surface area contributed by atoms with E-state index in [0.717, 1.165) is 0 Å². The number of hydrogen-bond donors (Lipinski definition) is 3. The van der Waals surface area contributed by atoms with Crippen LogP contribution in [0.15, 0.2) is 0 Å². The highest BCUT2D eigenvalue weighted by atomic mass is 32.2. The van der Waals surface area contributed by atoms with E-state index in [2.05, 4.69) is 10.9 Å². The normalized spacial score (nSPS) is 30.4. The summed E-state index contributed by atoms with van der Waals surface area (Å²) in [5.74, 6) is 0. The Morgan fingerprint density at radius 2 is 2.57 bits per heavy atom. The Kier molecular flexibility index (Phi) is 1.48. The fourth-order valence-electron chi connectivity index (χ4n) is 0.304. The second kappa shape index (κ2) is 1.95. The minimum atomic E-state index is -0.0625. The fourth-order valence-corrected chi connectivity index (χ4v) is 1.14. The molecule has 40 valence electrons. The van der Waals surface area contributed by atoms with Gasteiger partial charge in [0.25, 0.3) is 0 Å². The summed E-state index contributed by atoms with van der Waals surface area (Å²) in [6, 6.07) is 0. The van der Waals surface area contributed by atoms with Crippen LogP contribution in [0.1, 0.15) is 0 Å². The zero-order chi connectivity index (χ0) is 5.28. The smallest absolute Gasteiger partial charge is 0.150 e. The molecule has 0 aliphatic carbocycles. The Balaban J connectivity index is 2.40. The molecule has 0 aromatic rings. The van der Waals surface area contributed by atoms with Crippen molar-refractivity contribution in [2.24, 2.45) is 5.73 Å². The second-order valence-electron chi connectivity index (χ2n) is 1.10. The molecule has 0 saturated carbocycles. The predicted molar refractivity (Wildman–Crippen MR) is 34.4 cm³/mol. The standard InChI is InChI=1S/C2H5N3S2/c3-1-4-5-2(6)7-1/h1,4H,3H2,(H,5,6)/t1-/m0/s1. The molecule has 1 rings (SSSR count). The maximum atomic E-state index is 5.33. The summed E-state index contributed by atoms with van der Waals surface area (Å²) < 4.78 is 0.715. The first-order valence-corrected chi connectivity index (χ1v) is 3.05. The minimum absolute atomic E-state index is 0.0625. The van der Waals surface area contributed by atoms with Crippen LogP contribution in [0.5, 0.6) is 0 Å². The first kappa shape index (κ1) is 5.30. The average Bonchev–Trinajstić information content (AvgIpc) is 1.87. The van der Waals surface area contributed by atoms with Crippen LogP contribution in [0.4, 0.5) is 0 Å². The lowest BCUT2D eigenvalue weighted by Crippen LogP contribution is -2.35. The Morgan fingerprint density at radius 1 is 1.86 bits per heavy atom. The van der Waals surface area contributed by atoms with Gasteiger partial charge in [-0.2, -0.15) is 0 Å². The van der Waals surface area contributed by atoms with E-state index in [-0.39, 0.29) is 5.50 Å². The molecule has 0 amide bonds. The van der Waals surface area contributed by atoms with E-state index >= 15 is 0 Å². The Labute approximate surface area is 51.0 Å². The summed E-state index contributed by atoms with van der Waals surface area (Å²) in [5.41, 5.74) is 10.7. The van der Waals surface area contributed by atoms with Crippen LogP contribution >= 0.6 is 24.0 Å². The molecule has 1 saturated heterocycles. The van der Waals surface area contributed by atoms with Gasteiger partial charge in [-0.25, -0.2) is 5.43 Å². The van der Waals surface area contributed by atoms with Crippen molar-refractivity contribution in [3.05, 3.63) is 0 Å². The van der Waals surface area contributed by atoms with Crippen molar-refractivity contribution in [2.75, 3.05) is 0 Å². The number of hydrazine groups is 1. The number of thioether (sulfide) groups is 1. The molecule has 1 atom stereocenters. The maximum Gasteiger partial charge on any atom is 0.150 e. The van der Waals surface area contributed by atoms with Gasteiger partial charge in [0.05, 0.1) is 0 Å². The summed E-state index contributed by atoms with van der Waals surface area (Å²) in [4.78, 5) is 0. The maximum absolute atomic E-state index is 5.33. The highest BCUT2D eigenvalue weighted by Crippen LogP contribution is 2.07. The third kappa shape index (κ3) is 1.27. The molecule has 1 heterocycles. The summed E-state index contributed by atoms with van der Waals surface area (Å²) in [6.45, 7) is 0. The van der Waals surface area contributed by atoms with Crippen molar-refractivity contribution in [1.82, 2.24) is 10.9 Å². The van der Waals surface area contributed by atoms with Crippen molar-refractivity contribution < 1.29 is 0 Å². The lowest BCUT2D eigenvalue weighted by Gasteiger charge is -1.93. The Bertz CT molecular complexity index is 92.9. The molecule has 0 aromatic carbocycles. The van der Waals surface area contributed by atoms with E-state index < -0.39 is 0 Å². The van der Waals surface area contributed by atoms with E-state index in [1.165, 1.54) is 11.8 Å². The van der Waals surface area contributed by atoms with Crippen LogP contribution in [-0.4, -0.2) is 9.82 Å². The lowest BCUT2D eigenvalue weighted by molar-refractivity contribution is 0.659. The van der Waals surface area contributed by atoms with Crippen LogP contribution in [-0.2, 0) is 0 Å². The summed E-state index contributed by atoms with van der Waals surface area (Å²) in [6.07, 6.45) is 0. The van der Waals surface area contributed by atoms with Crippen LogP contribution in [0, 0.1) is 0 Å². The van der Waals surface area contributed by atoms with Crippen molar-refractivity contribution in [3.8, 4) is 0 Å². The zero-order valence-electron chi connectivity index (χ0n) is 3.47. The van der Waals surface area contributed by atoms with Gasteiger partial charge in [0.15, 0.2) is 4.32 Å². The second-order valence-corrected chi connectivity index (χ2v) is 2.91. The molecule has 5 heteroatoms. The van der Waals surface area contributed by atoms with Gasteiger partial charge in [0.2, 0.25) is 0 Å². The monoisotopic (exact) mass is 135 g/mol. The highest BCUT2D eigenvalue weighted by Gasteiger charge is 2.12. The number of hydrogen-bond acceptors (Lipinski definition) is 4. The molecule has 3 nitrogen and oxygen atoms in total. The van der Waals surface area contributed by atoms with Gasteiger partial charge in [-0.15, -0.1) is 0 Å². The van der Waals surface area contributed by atoms with Gasteiger partial charge in [0, 0.05) is 0 Å². The number of nitrogens with two attached hydrogens (primary N) is 1. The fraction of sp³-hybridized carbons (Fsp3) is 0.500. The van der Waals surface area contributed by atoms with Gasteiger partial charge < -0.3 is 11.2 Å². The van der Waals surface area contributed by atoms with Crippen LogP contribution < -0.4 is 16.6 Å². The molecule has 1 aliphatic rings. The van der Waals surface area contributed by atoms with Gasteiger partial charge >= 0.3 is 0 Å². The topological polar surface area (TPSA) is 50.1 Å². The molecule has 7 heavy (non-hydrogen) atoms. The minimum Gasteiger partial charge on any atom is -0.306 e. The van der Waals surface area contributed by atoms with Gasteiger partial charge in [-0.3, -0.25) is 0 Å². The third-order valence-corrected chi connectivity index (χ3v) is 1.63. The Hall–Kier alpha value is 0.160. The van der Waals surface area contributed by atoms with Crippen molar-refractivity contribution in [2.45, 2.75) is 5.50 Å². The average molecular weight is 135 g/mol. The SMILES string of the molecule is N[C@H]1NNC(=S)S1. The van der Waals surface area contributed by atoms with Crippen molar-refractivity contribution in [1.29, 1.82) is 0 Å². The molecule has 0 unspecified atom stereocenters. The molecule has 0 spiro atoms. The molecule has 0 bridgehead atoms. The summed E-state index contributed by atoms with van der Waals surface area (Å²) in [5, 5.41) is 0.